The summed E-state index contributed by atoms with van der Waals surface area (Å²) in [6.45, 7) is 0. The quantitative estimate of drug-likeness (QED) is 0.187. The monoisotopic (exact) mass is 676 g/mol. The van der Waals surface area contributed by atoms with Gasteiger partial charge < -0.3 is 8.98 Å². The van der Waals surface area contributed by atoms with Crippen molar-refractivity contribution in [2.45, 2.75) is 0 Å². The first kappa shape index (κ1) is 28.5. The van der Waals surface area contributed by atoms with Gasteiger partial charge in [0.2, 0.25) is 5.95 Å². The molecule has 0 saturated carbocycles. The maximum atomic E-state index is 6.71. The standard InChI is InChI=1S/C48H28N4O/c1-2-14-31-29(13-1)27-38(47-45(31)36-19-7-12-24-44(36)53-47)46-35-18-3-8-20-39(35)49-48(50-46)52-42-23-11-6-17-34(42)37-28-30(25-26-43(37)52)51-40-21-9-4-15-32(40)33-16-5-10-22-41(33)51/h1-28H. The van der Waals surface area contributed by atoms with Gasteiger partial charge in [-0.2, -0.15) is 0 Å². The largest absolute Gasteiger partial charge is 0.455 e. The highest BCUT2D eigenvalue weighted by molar-refractivity contribution is 6.23. The molecule has 246 valence electrons. The van der Waals surface area contributed by atoms with Crippen LogP contribution < -0.4 is 0 Å². The van der Waals surface area contributed by atoms with Gasteiger partial charge in [0.05, 0.1) is 33.3 Å². The van der Waals surface area contributed by atoms with Crippen molar-refractivity contribution in [3.8, 4) is 22.9 Å². The average molecular weight is 677 g/mol. The summed E-state index contributed by atoms with van der Waals surface area (Å²) in [5, 5.41) is 10.3. The Bertz CT molecular complexity index is 3420. The molecule has 0 aliphatic carbocycles. The lowest BCUT2D eigenvalue weighted by Gasteiger charge is -2.13. The molecule has 0 unspecified atom stereocenters. The molecule has 0 spiro atoms. The van der Waals surface area contributed by atoms with Crippen molar-refractivity contribution in [1.29, 1.82) is 0 Å². The maximum Gasteiger partial charge on any atom is 0.235 e. The zero-order chi connectivity index (χ0) is 34.6. The lowest BCUT2D eigenvalue weighted by atomic mass is 9.97. The van der Waals surface area contributed by atoms with E-state index < -0.39 is 0 Å². The molecule has 0 atom stereocenters. The molecule has 8 aromatic carbocycles. The molecule has 0 bridgehead atoms. The molecule has 4 heterocycles. The highest BCUT2D eigenvalue weighted by Crippen LogP contribution is 2.43. The van der Waals surface area contributed by atoms with Crippen molar-refractivity contribution in [1.82, 2.24) is 19.1 Å². The van der Waals surface area contributed by atoms with Crippen LogP contribution in [0, 0.1) is 0 Å². The summed E-state index contributed by atoms with van der Waals surface area (Å²) in [5.41, 5.74) is 9.94. The number of furan rings is 1. The summed E-state index contributed by atoms with van der Waals surface area (Å²) >= 11 is 0. The summed E-state index contributed by atoms with van der Waals surface area (Å²) in [6, 6.07) is 60.0. The summed E-state index contributed by atoms with van der Waals surface area (Å²) in [4.78, 5) is 10.7. The molecule has 0 aliphatic rings. The minimum atomic E-state index is 0.618. The first-order valence-electron chi connectivity index (χ1n) is 17.9. The smallest absolute Gasteiger partial charge is 0.235 e. The third-order valence-corrected chi connectivity index (χ3v) is 10.9. The Morgan fingerprint density at radius 3 is 1.74 bits per heavy atom. The van der Waals surface area contributed by atoms with E-state index in [4.69, 9.17) is 14.4 Å². The van der Waals surface area contributed by atoms with Gasteiger partial charge in [-0.3, -0.25) is 4.57 Å². The average Bonchev–Trinajstić information content (AvgIpc) is 3.88. The van der Waals surface area contributed by atoms with Gasteiger partial charge in [0, 0.05) is 49.0 Å². The highest BCUT2D eigenvalue weighted by atomic mass is 16.3. The number of hydrogen-bond acceptors (Lipinski definition) is 3. The van der Waals surface area contributed by atoms with Crippen molar-refractivity contribution >= 4 is 87.2 Å². The lowest BCUT2D eigenvalue weighted by Crippen LogP contribution is -2.03. The van der Waals surface area contributed by atoms with Gasteiger partial charge in [-0.25, -0.2) is 9.97 Å². The number of para-hydroxylation sites is 5. The predicted octanol–water partition coefficient (Wildman–Crippen LogP) is 12.5. The van der Waals surface area contributed by atoms with Gasteiger partial charge in [0.15, 0.2) is 0 Å². The number of aromatic nitrogens is 4. The maximum absolute atomic E-state index is 6.71. The second-order valence-corrected chi connectivity index (χ2v) is 13.8. The fourth-order valence-corrected chi connectivity index (χ4v) is 8.64. The van der Waals surface area contributed by atoms with Crippen molar-refractivity contribution < 1.29 is 4.42 Å². The fourth-order valence-electron chi connectivity index (χ4n) is 8.64. The van der Waals surface area contributed by atoms with Gasteiger partial charge in [-0.05, 0) is 65.4 Å². The van der Waals surface area contributed by atoms with Crippen LogP contribution in [0.4, 0.5) is 0 Å². The molecule has 0 N–H and O–H groups in total. The second kappa shape index (κ2) is 10.6. The Hall–Kier alpha value is -7.24. The first-order valence-corrected chi connectivity index (χ1v) is 17.9. The van der Waals surface area contributed by atoms with Crippen molar-refractivity contribution in [3.63, 3.8) is 0 Å². The van der Waals surface area contributed by atoms with Crippen molar-refractivity contribution in [3.05, 3.63) is 170 Å². The number of hydrogen-bond donors (Lipinski definition) is 0. The number of benzene rings is 8. The fraction of sp³-hybridized carbons (Fsp3) is 0. The summed E-state index contributed by atoms with van der Waals surface area (Å²) in [5.74, 6) is 0.618. The number of rotatable bonds is 3. The van der Waals surface area contributed by atoms with Crippen LogP contribution in [0.5, 0.6) is 0 Å². The Balaban J connectivity index is 1.15. The summed E-state index contributed by atoms with van der Waals surface area (Å²) in [7, 11) is 0. The van der Waals surface area contributed by atoms with E-state index in [1.165, 1.54) is 21.8 Å². The molecule has 53 heavy (non-hydrogen) atoms. The van der Waals surface area contributed by atoms with E-state index in [0.717, 1.165) is 82.4 Å². The van der Waals surface area contributed by atoms with Crippen LogP contribution in [-0.2, 0) is 0 Å². The van der Waals surface area contributed by atoms with Crippen LogP contribution in [0.3, 0.4) is 0 Å². The predicted molar refractivity (Wildman–Crippen MR) is 218 cm³/mol. The number of nitrogens with zero attached hydrogens (tertiary/aromatic N) is 4. The van der Waals surface area contributed by atoms with Crippen LogP contribution >= 0.6 is 0 Å². The molecule has 0 radical (unpaired) electrons. The molecule has 0 amide bonds. The zero-order valence-electron chi connectivity index (χ0n) is 28.4. The van der Waals surface area contributed by atoms with E-state index in [-0.39, 0.29) is 0 Å². The van der Waals surface area contributed by atoms with E-state index >= 15 is 0 Å². The molecular weight excluding hydrogens is 649 g/mol. The topological polar surface area (TPSA) is 48.8 Å². The molecule has 12 aromatic rings. The Morgan fingerprint density at radius 1 is 0.415 bits per heavy atom. The SMILES string of the molecule is c1ccc2c(c1)cc(-c1nc(-n3c4ccccc4c4cc(-n5c6ccccc6c6ccccc65)ccc43)nc3ccccc13)c1oc3ccccc3c12. The second-order valence-electron chi connectivity index (χ2n) is 13.8. The van der Waals surface area contributed by atoms with E-state index in [1.54, 1.807) is 0 Å². The minimum Gasteiger partial charge on any atom is -0.455 e. The summed E-state index contributed by atoms with van der Waals surface area (Å²) < 4.78 is 11.3. The lowest BCUT2D eigenvalue weighted by molar-refractivity contribution is 0.670. The van der Waals surface area contributed by atoms with Crippen LogP contribution in [0.2, 0.25) is 0 Å². The Kier molecular flexibility index (Phi) is 5.71. The Labute approximate surface area is 302 Å². The molecule has 5 nitrogen and oxygen atoms in total. The molecule has 0 fully saturated rings. The van der Waals surface area contributed by atoms with Crippen LogP contribution in [0.15, 0.2) is 174 Å². The van der Waals surface area contributed by atoms with Gasteiger partial charge >= 0.3 is 0 Å². The van der Waals surface area contributed by atoms with E-state index in [9.17, 15) is 0 Å². The molecule has 12 rings (SSSR count). The first-order chi connectivity index (χ1) is 26.3. The van der Waals surface area contributed by atoms with Crippen LogP contribution in [0.25, 0.3) is 110 Å². The van der Waals surface area contributed by atoms with E-state index in [0.29, 0.717) is 5.95 Å². The molecule has 4 aromatic heterocycles. The third-order valence-electron chi connectivity index (χ3n) is 10.9. The van der Waals surface area contributed by atoms with Crippen LogP contribution in [0.1, 0.15) is 0 Å². The zero-order valence-corrected chi connectivity index (χ0v) is 28.4. The Morgan fingerprint density at radius 2 is 0.981 bits per heavy atom. The van der Waals surface area contributed by atoms with Crippen molar-refractivity contribution in [2.75, 3.05) is 0 Å². The van der Waals surface area contributed by atoms with Gasteiger partial charge in [0.25, 0.3) is 0 Å². The molecule has 0 saturated heterocycles. The highest BCUT2D eigenvalue weighted by Gasteiger charge is 2.22. The third kappa shape index (κ3) is 3.96. The van der Waals surface area contributed by atoms with Gasteiger partial charge in [0.1, 0.15) is 11.2 Å². The molecular formula is C48H28N4O. The molecule has 0 aliphatic heterocycles. The van der Waals surface area contributed by atoms with E-state index in [2.05, 4.69) is 161 Å². The van der Waals surface area contributed by atoms with Crippen molar-refractivity contribution in [2.24, 2.45) is 0 Å². The van der Waals surface area contributed by atoms with E-state index in [1.807, 2.05) is 18.2 Å². The summed E-state index contributed by atoms with van der Waals surface area (Å²) in [6.07, 6.45) is 0. The van der Waals surface area contributed by atoms with Gasteiger partial charge in [-0.1, -0.05) is 115 Å². The normalized spacial score (nSPS) is 12.2. The number of fused-ring (bicyclic) bond motifs is 12. The molecule has 5 heteroatoms. The van der Waals surface area contributed by atoms with Gasteiger partial charge in [-0.15, -0.1) is 0 Å². The van der Waals surface area contributed by atoms with Crippen LogP contribution in [-0.4, -0.2) is 19.1 Å². The minimum absolute atomic E-state index is 0.618.